The fourth-order valence-electron chi connectivity index (χ4n) is 5.95. The van der Waals surface area contributed by atoms with Gasteiger partial charge in [-0.15, -0.1) is 0 Å². The van der Waals surface area contributed by atoms with Crippen LogP contribution in [0.3, 0.4) is 0 Å². The first-order chi connectivity index (χ1) is 23.3. The Morgan fingerprint density at radius 1 is 0.660 bits per heavy atom. The first-order valence-corrected chi connectivity index (χ1v) is 17.5. The van der Waals surface area contributed by atoms with Gasteiger partial charge in [-0.2, -0.15) is 0 Å². The highest BCUT2D eigenvalue weighted by atomic mass is 16.2. The molecule has 0 bridgehead atoms. The third-order valence-electron chi connectivity index (χ3n) is 9.51. The van der Waals surface area contributed by atoms with Crippen LogP contribution >= 0.6 is 0 Å². The molecule has 2 aliphatic rings. The summed E-state index contributed by atoms with van der Waals surface area (Å²) in [6.07, 6.45) is 1.11. The Balaban J connectivity index is 1.58. The summed E-state index contributed by atoms with van der Waals surface area (Å²) in [5.74, 6) is -1.63. The summed E-state index contributed by atoms with van der Waals surface area (Å²) in [7, 11) is 3.36. The normalized spacial score (nSPS) is 20.4. The highest BCUT2D eigenvalue weighted by molar-refractivity contribution is 6.00. The second kappa shape index (κ2) is 16.8. The fourth-order valence-corrected chi connectivity index (χ4v) is 5.95. The van der Waals surface area contributed by atoms with E-state index >= 15 is 0 Å². The van der Waals surface area contributed by atoms with E-state index in [4.69, 9.17) is 0 Å². The standard InChI is InChI=1S/C36H58N8O6/c1-21(37-9)29(45)41-27(35(3,4)5)33(49)43-16-14-25(19-43)39-31(47)23-12-11-13-24(18-23)32(48)40-26-15-17-44(20-26)34(50)28(36(6,7)8)42-30(46)22(2)38-10/h11-13,18,21-22,25-28,37-38H,14-17,19-20H2,1-10H3,(H,39,47)(H,40,48)(H,41,45)(H,42,46)/t21-,22?,25-,26?,27?,28+/m0/s1. The van der Waals surface area contributed by atoms with Crippen LogP contribution in [0.25, 0.3) is 0 Å². The summed E-state index contributed by atoms with van der Waals surface area (Å²) in [5.41, 5.74) is -0.421. The van der Waals surface area contributed by atoms with Crippen molar-refractivity contribution < 1.29 is 28.8 Å². The third-order valence-corrected chi connectivity index (χ3v) is 9.51. The fraction of sp³-hybridized carbons (Fsp3) is 0.667. The van der Waals surface area contributed by atoms with Gasteiger partial charge in [0.1, 0.15) is 12.1 Å². The number of hydrogen-bond donors (Lipinski definition) is 6. The maximum Gasteiger partial charge on any atom is 0.251 e. The van der Waals surface area contributed by atoms with Gasteiger partial charge in [0, 0.05) is 49.4 Å². The summed E-state index contributed by atoms with van der Waals surface area (Å²) in [6.45, 7) is 16.3. The highest BCUT2D eigenvalue weighted by Gasteiger charge is 2.40. The van der Waals surface area contributed by atoms with Crippen LogP contribution in [0.15, 0.2) is 24.3 Å². The van der Waals surface area contributed by atoms with Gasteiger partial charge in [0.15, 0.2) is 0 Å². The van der Waals surface area contributed by atoms with E-state index in [1.807, 2.05) is 41.5 Å². The van der Waals surface area contributed by atoms with Gasteiger partial charge in [-0.3, -0.25) is 28.8 Å². The second-order valence-corrected chi connectivity index (χ2v) is 15.7. The van der Waals surface area contributed by atoms with Crippen molar-refractivity contribution >= 4 is 35.4 Å². The smallest absolute Gasteiger partial charge is 0.251 e. The molecule has 0 spiro atoms. The molecule has 1 aromatic rings. The number of benzene rings is 1. The van der Waals surface area contributed by atoms with E-state index in [2.05, 4.69) is 31.9 Å². The molecule has 3 unspecified atom stereocenters. The lowest BCUT2D eigenvalue weighted by atomic mass is 9.85. The van der Waals surface area contributed by atoms with Crippen LogP contribution < -0.4 is 31.9 Å². The summed E-state index contributed by atoms with van der Waals surface area (Å²) < 4.78 is 0. The Kier molecular flexibility index (Phi) is 13.6. The van der Waals surface area contributed by atoms with Gasteiger partial charge in [0.2, 0.25) is 23.6 Å². The van der Waals surface area contributed by atoms with Crippen LogP contribution in [0.2, 0.25) is 0 Å². The molecule has 0 radical (unpaired) electrons. The molecule has 6 N–H and O–H groups in total. The zero-order valence-electron chi connectivity index (χ0n) is 31.4. The number of amides is 6. The monoisotopic (exact) mass is 698 g/mol. The van der Waals surface area contributed by atoms with E-state index in [-0.39, 0.29) is 47.5 Å². The van der Waals surface area contributed by atoms with E-state index < -0.39 is 35.0 Å². The zero-order chi connectivity index (χ0) is 37.6. The second-order valence-electron chi connectivity index (χ2n) is 15.7. The number of rotatable bonds is 12. The van der Waals surface area contributed by atoms with Gasteiger partial charge in [-0.05, 0) is 69.8 Å². The Morgan fingerprint density at radius 2 is 1.02 bits per heavy atom. The van der Waals surface area contributed by atoms with Gasteiger partial charge in [-0.25, -0.2) is 0 Å². The largest absolute Gasteiger partial charge is 0.347 e. The number of carbonyl (C=O) groups excluding carboxylic acids is 6. The highest BCUT2D eigenvalue weighted by Crippen LogP contribution is 2.25. The predicted molar refractivity (Wildman–Crippen MR) is 191 cm³/mol. The minimum absolute atomic E-state index is 0.196. The van der Waals surface area contributed by atoms with Gasteiger partial charge in [0.25, 0.3) is 11.8 Å². The Bertz CT molecular complexity index is 1320. The van der Waals surface area contributed by atoms with E-state index in [9.17, 15) is 28.8 Å². The molecule has 6 atom stereocenters. The van der Waals surface area contributed by atoms with Crippen LogP contribution in [-0.2, 0) is 19.2 Å². The van der Waals surface area contributed by atoms with Crippen LogP contribution in [0.4, 0.5) is 0 Å². The molecule has 14 nitrogen and oxygen atoms in total. The summed E-state index contributed by atoms with van der Waals surface area (Å²) in [5, 5.41) is 17.5. The number of hydrogen-bond acceptors (Lipinski definition) is 8. The molecule has 278 valence electrons. The molecule has 0 aliphatic carbocycles. The van der Waals surface area contributed by atoms with Crippen molar-refractivity contribution in [2.45, 2.75) is 104 Å². The van der Waals surface area contributed by atoms with Gasteiger partial charge < -0.3 is 41.7 Å². The molecule has 6 amide bonds. The molecule has 2 fully saturated rings. The number of nitrogens with one attached hydrogen (secondary N) is 6. The first-order valence-electron chi connectivity index (χ1n) is 17.5. The zero-order valence-corrected chi connectivity index (χ0v) is 31.4. The van der Waals surface area contributed by atoms with Crippen molar-refractivity contribution in [3.8, 4) is 0 Å². The molecule has 1 aromatic carbocycles. The molecule has 3 rings (SSSR count). The Labute approximate surface area is 296 Å². The SMILES string of the molecule is CNC(C)C(=O)N[C@H](C(=O)N1CCC(NC(=O)c2cccc(C(=O)N[C@H]3CCN(C(=O)C(NC(=O)[C@H](C)NC)C(C)(C)C)C3)c2)C1)C(C)(C)C. The molecular formula is C36H58N8O6. The summed E-state index contributed by atoms with van der Waals surface area (Å²) in [4.78, 5) is 82.0. The molecule has 0 aromatic heterocycles. The first kappa shape index (κ1) is 40.4. The van der Waals surface area contributed by atoms with Crippen molar-refractivity contribution in [2.24, 2.45) is 10.8 Å². The van der Waals surface area contributed by atoms with Crippen LogP contribution in [0, 0.1) is 10.8 Å². The number of carbonyl (C=O) groups is 6. The minimum Gasteiger partial charge on any atom is -0.347 e. The Morgan fingerprint density at radius 3 is 1.34 bits per heavy atom. The van der Waals surface area contributed by atoms with Gasteiger partial charge >= 0.3 is 0 Å². The van der Waals surface area contributed by atoms with Crippen molar-refractivity contribution in [2.75, 3.05) is 40.3 Å². The van der Waals surface area contributed by atoms with E-state index in [0.29, 0.717) is 50.1 Å². The van der Waals surface area contributed by atoms with E-state index in [0.717, 1.165) is 0 Å². The third kappa shape index (κ3) is 10.5. The summed E-state index contributed by atoms with van der Waals surface area (Å²) in [6, 6.07) is 3.49. The number of likely N-dealkylation sites (tertiary alicyclic amines) is 2. The average Bonchev–Trinajstić information content (AvgIpc) is 3.73. The number of nitrogens with zero attached hydrogens (tertiary/aromatic N) is 2. The Hall–Kier alpha value is -4.04. The maximum atomic E-state index is 13.5. The molecule has 14 heteroatoms. The lowest BCUT2D eigenvalue weighted by Crippen LogP contribution is -2.57. The lowest BCUT2D eigenvalue weighted by molar-refractivity contribution is -0.139. The quantitative estimate of drug-likeness (QED) is 0.184. The lowest BCUT2D eigenvalue weighted by Gasteiger charge is -2.34. The van der Waals surface area contributed by atoms with Crippen LogP contribution in [0.1, 0.15) is 88.9 Å². The average molecular weight is 699 g/mol. The predicted octanol–water partition coefficient (Wildman–Crippen LogP) is 0.626. The van der Waals surface area contributed by atoms with Crippen molar-refractivity contribution in [3.63, 3.8) is 0 Å². The van der Waals surface area contributed by atoms with E-state index in [1.165, 1.54) is 6.07 Å². The molecule has 50 heavy (non-hydrogen) atoms. The molecule has 0 saturated carbocycles. The van der Waals surface area contributed by atoms with Crippen LogP contribution in [0.5, 0.6) is 0 Å². The van der Waals surface area contributed by atoms with Crippen molar-refractivity contribution in [3.05, 3.63) is 35.4 Å². The molecular weight excluding hydrogens is 640 g/mol. The molecule has 2 aliphatic heterocycles. The van der Waals surface area contributed by atoms with Crippen molar-refractivity contribution in [1.29, 1.82) is 0 Å². The van der Waals surface area contributed by atoms with Gasteiger partial charge in [0.05, 0.1) is 12.1 Å². The maximum absolute atomic E-state index is 13.5. The molecule has 2 saturated heterocycles. The minimum atomic E-state index is -0.728. The topological polar surface area (TPSA) is 181 Å². The van der Waals surface area contributed by atoms with Gasteiger partial charge in [-0.1, -0.05) is 47.6 Å². The number of likely N-dealkylation sites (N-methyl/N-ethyl adjacent to an activating group) is 2. The van der Waals surface area contributed by atoms with Crippen molar-refractivity contribution in [1.82, 2.24) is 41.7 Å². The molecule has 2 heterocycles. The summed E-state index contributed by atoms with van der Waals surface area (Å²) >= 11 is 0. The van der Waals surface area contributed by atoms with E-state index in [1.54, 1.807) is 55.9 Å². The van der Waals surface area contributed by atoms with Crippen LogP contribution in [-0.4, -0.2) is 122 Å².